The molecule has 0 heterocycles. The summed E-state index contributed by atoms with van der Waals surface area (Å²) in [5.74, 6) is -0.938. The topological polar surface area (TPSA) is 69.7 Å². The quantitative estimate of drug-likeness (QED) is 0.743. The molecule has 0 saturated heterocycles. The second kappa shape index (κ2) is 9.07. The first-order valence-corrected chi connectivity index (χ1v) is 9.83. The van der Waals surface area contributed by atoms with Crippen molar-refractivity contribution in [1.29, 1.82) is 0 Å². The Morgan fingerprint density at radius 1 is 0.963 bits per heavy atom. The van der Waals surface area contributed by atoms with Crippen molar-refractivity contribution in [2.24, 2.45) is 0 Å². The van der Waals surface area contributed by atoms with Gasteiger partial charge >= 0.3 is 0 Å². The minimum atomic E-state index is -3.85. The van der Waals surface area contributed by atoms with E-state index in [9.17, 15) is 17.6 Å². The first kappa shape index (κ1) is 21.0. The Balaban J connectivity index is 1.90. The number of amides is 1. The van der Waals surface area contributed by atoms with Gasteiger partial charge in [0.05, 0.1) is 11.4 Å². The average Bonchev–Trinajstić information content (AvgIpc) is 2.61. The van der Waals surface area contributed by atoms with Crippen LogP contribution in [0.2, 0.25) is 0 Å². The highest BCUT2D eigenvalue weighted by Crippen LogP contribution is 2.14. The summed E-state index contributed by atoms with van der Waals surface area (Å²) in [6.07, 6.45) is 0. The summed E-state index contributed by atoms with van der Waals surface area (Å²) in [4.78, 5) is 14.1. The van der Waals surface area contributed by atoms with Gasteiger partial charge in [-0.3, -0.25) is 4.79 Å². The molecule has 6 nitrogen and oxygen atoms in total. The smallest absolute Gasteiger partial charge is 0.243 e. The van der Waals surface area contributed by atoms with Crippen LogP contribution in [-0.4, -0.2) is 51.2 Å². The fraction of sp³-hybridized carbons (Fsp3) is 0.316. The highest BCUT2D eigenvalue weighted by molar-refractivity contribution is 7.89. The van der Waals surface area contributed by atoms with E-state index in [1.54, 1.807) is 0 Å². The number of nitrogens with zero attached hydrogens (tertiary/aromatic N) is 2. The summed E-state index contributed by atoms with van der Waals surface area (Å²) in [5.41, 5.74) is 2.09. The molecule has 0 spiro atoms. The number of hydrogen-bond donors (Lipinski definition) is 1. The van der Waals surface area contributed by atoms with Crippen molar-refractivity contribution in [2.45, 2.75) is 18.0 Å². The highest BCUT2D eigenvalue weighted by Gasteiger charge is 2.22. The summed E-state index contributed by atoms with van der Waals surface area (Å²) in [5, 5.41) is 2.71. The normalized spacial score (nSPS) is 11.8. The van der Waals surface area contributed by atoms with E-state index in [1.165, 1.54) is 24.7 Å². The molecule has 0 aliphatic rings. The van der Waals surface area contributed by atoms with Gasteiger partial charge in [-0.1, -0.05) is 24.3 Å². The molecule has 0 fully saturated rings. The maximum Gasteiger partial charge on any atom is 0.243 e. The molecule has 2 aromatic carbocycles. The number of sulfonamides is 1. The molecule has 8 heteroatoms. The van der Waals surface area contributed by atoms with Gasteiger partial charge < -0.3 is 10.2 Å². The van der Waals surface area contributed by atoms with E-state index < -0.39 is 21.7 Å². The summed E-state index contributed by atoms with van der Waals surface area (Å²) in [7, 11) is 1.45. The zero-order chi connectivity index (χ0) is 20.0. The van der Waals surface area contributed by atoms with Gasteiger partial charge in [0.2, 0.25) is 15.9 Å². The van der Waals surface area contributed by atoms with Gasteiger partial charge in [-0.05, 0) is 49.5 Å². The lowest BCUT2D eigenvalue weighted by Crippen LogP contribution is -2.38. The predicted molar refractivity (Wildman–Crippen MR) is 102 cm³/mol. The van der Waals surface area contributed by atoms with Crippen LogP contribution in [0.1, 0.15) is 11.1 Å². The molecule has 0 saturated carbocycles. The molecular weight excluding hydrogens is 369 g/mol. The lowest BCUT2D eigenvalue weighted by molar-refractivity contribution is -0.121. The molecule has 146 valence electrons. The Labute approximate surface area is 159 Å². The van der Waals surface area contributed by atoms with Crippen LogP contribution in [0.3, 0.4) is 0 Å². The van der Waals surface area contributed by atoms with E-state index in [1.807, 2.05) is 38.4 Å². The van der Waals surface area contributed by atoms with Crippen LogP contribution in [0, 0.1) is 5.82 Å². The Morgan fingerprint density at radius 3 is 2.07 bits per heavy atom. The fourth-order valence-electron chi connectivity index (χ4n) is 2.46. The highest BCUT2D eigenvalue weighted by atomic mass is 32.2. The Hall–Kier alpha value is -2.29. The number of likely N-dealkylation sites (N-methyl/N-ethyl adjacent to an activating group) is 1. The lowest BCUT2D eigenvalue weighted by atomic mass is 10.1. The maximum atomic E-state index is 13.0. The number of carbonyl (C=O) groups is 1. The van der Waals surface area contributed by atoms with Crippen LogP contribution < -0.4 is 5.32 Å². The third-order valence-corrected chi connectivity index (χ3v) is 5.72. The van der Waals surface area contributed by atoms with Crippen molar-refractivity contribution < 1.29 is 17.6 Å². The lowest BCUT2D eigenvalue weighted by Gasteiger charge is -2.17. The Morgan fingerprint density at radius 2 is 1.52 bits per heavy atom. The zero-order valence-electron chi connectivity index (χ0n) is 15.6. The Bertz CT molecular complexity index is 866. The average molecular weight is 393 g/mol. The van der Waals surface area contributed by atoms with E-state index in [4.69, 9.17) is 0 Å². The summed E-state index contributed by atoms with van der Waals surface area (Å²) >= 11 is 0. The SMILES string of the molecule is CN(C)Cc1ccc(CNC(=O)CN(C)S(=O)(=O)c2ccc(F)cc2)cc1. The number of halogens is 1. The van der Waals surface area contributed by atoms with Crippen LogP contribution in [-0.2, 0) is 27.9 Å². The predicted octanol–water partition coefficient (Wildman–Crippen LogP) is 1.82. The van der Waals surface area contributed by atoms with Gasteiger partial charge in [0, 0.05) is 20.1 Å². The number of carbonyl (C=O) groups excluding carboxylic acids is 1. The molecule has 0 atom stereocenters. The van der Waals surface area contributed by atoms with Crippen molar-refractivity contribution in [3.8, 4) is 0 Å². The minimum Gasteiger partial charge on any atom is -0.351 e. The van der Waals surface area contributed by atoms with E-state index in [0.29, 0.717) is 6.54 Å². The molecule has 0 radical (unpaired) electrons. The zero-order valence-corrected chi connectivity index (χ0v) is 16.5. The molecular formula is C19H24FN3O3S. The third-order valence-electron chi connectivity index (χ3n) is 3.90. The van der Waals surface area contributed by atoms with Crippen LogP contribution in [0.15, 0.2) is 53.4 Å². The number of benzene rings is 2. The molecule has 0 aliphatic heterocycles. The molecule has 1 N–H and O–H groups in total. The third kappa shape index (κ3) is 6.13. The second-order valence-electron chi connectivity index (χ2n) is 6.55. The van der Waals surface area contributed by atoms with Crippen LogP contribution in [0.25, 0.3) is 0 Å². The molecule has 0 bridgehead atoms. The van der Waals surface area contributed by atoms with Gasteiger partial charge in [0.25, 0.3) is 0 Å². The Kier molecular flexibility index (Phi) is 7.06. The number of nitrogens with one attached hydrogen (secondary N) is 1. The minimum absolute atomic E-state index is 0.0596. The van der Waals surface area contributed by atoms with Crippen LogP contribution in [0.5, 0.6) is 0 Å². The number of rotatable bonds is 8. The first-order valence-electron chi connectivity index (χ1n) is 8.39. The molecule has 0 unspecified atom stereocenters. The molecule has 0 aromatic heterocycles. The van der Waals surface area contributed by atoms with Crippen LogP contribution in [0.4, 0.5) is 4.39 Å². The van der Waals surface area contributed by atoms with Gasteiger partial charge in [-0.15, -0.1) is 0 Å². The van der Waals surface area contributed by atoms with Crippen molar-refractivity contribution in [3.63, 3.8) is 0 Å². The van der Waals surface area contributed by atoms with Crippen molar-refractivity contribution in [1.82, 2.24) is 14.5 Å². The van der Waals surface area contributed by atoms with Crippen LogP contribution >= 0.6 is 0 Å². The molecule has 2 aromatic rings. The van der Waals surface area contributed by atoms with Crippen molar-refractivity contribution in [3.05, 3.63) is 65.5 Å². The maximum absolute atomic E-state index is 13.0. The first-order chi connectivity index (χ1) is 12.7. The molecule has 2 rings (SSSR count). The van der Waals surface area contributed by atoms with Crippen molar-refractivity contribution in [2.75, 3.05) is 27.7 Å². The fourth-order valence-corrected chi connectivity index (χ4v) is 3.59. The molecule has 1 amide bonds. The van der Waals surface area contributed by atoms with Gasteiger partial charge in [0.15, 0.2) is 0 Å². The summed E-state index contributed by atoms with van der Waals surface area (Å²) in [6.45, 7) is 0.822. The van der Waals surface area contributed by atoms with Gasteiger partial charge in [-0.2, -0.15) is 4.31 Å². The van der Waals surface area contributed by atoms with E-state index >= 15 is 0 Å². The summed E-state index contributed by atoms with van der Waals surface area (Å²) in [6, 6.07) is 12.3. The number of hydrogen-bond acceptors (Lipinski definition) is 4. The second-order valence-corrected chi connectivity index (χ2v) is 8.59. The largest absolute Gasteiger partial charge is 0.351 e. The van der Waals surface area contributed by atoms with E-state index in [2.05, 4.69) is 10.2 Å². The van der Waals surface area contributed by atoms with E-state index in [0.717, 1.165) is 28.5 Å². The standard InChI is InChI=1S/C19H24FN3O3S/c1-22(2)13-16-6-4-15(5-7-16)12-21-19(24)14-23(3)27(25,26)18-10-8-17(20)9-11-18/h4-11H,12-14H2,1-3H3,(H,21,24). The molecule has 27 heavy (non-hydrogen) atoms. The molecule has 0 aliphatic carbocycles. The van der Waals surface area contributed by atoms with Crippen molar-refractivity contribution >= 4 is 15.9 Å². The van der Waals surface area contributed by atoms with Gasteiger partial charge in [0.1, 0.15) is 5.82 Å². The monoisotopic (exact) mass is 393 g/mol. The van der Waals surface area contributed by atoms with Gasteiger partial charge in [-0.25, -0.2) is 12.8 Å². The summed E-state index contributed by atoms with van der Waals surface area (Å²) < 4.78 is 38.7. The van der Waals surface area contributed by atoms with E-state index in [-0.39, 0.29) is 11.4 Å².